The van der Waals surface area contributed by atoms with E-state index >= 15 is 0 Å². The molecule has 0 saturated heterocycles. The Morgan fingerprint density at radius 1 is 0.929 bits per heavy atom. The minimum Gasteiger partial charge on any atom is -0.298 e. The number of carbonyl (C=O) groups excluding carboxylic acids is 1. The van der Waals surface area contributed by atoms with Crippen molar-refractivity contribution in [3.63, 3.8) is 0 Å². The van der Waals surface area contributed by atoms with E-state index in [2.05, 4.69) is 10.3 Å². The van der Waals surface area contributed by atoms with E-state index < -0.39 is 29.5 Å². The third kappa shape index (κ3) is 4.33. The topological polar surface area (TPSA) is 42.0 Å². The summed E-state index contributed by atoms with van der Waals surface area (Å²) in [6.45, 7) is 0. The molecule has 3 rings (SSSR count). The van der Waals surface area contributed by atoms with Crippen molar-refractivity contribution in [1.82, 2.24) is 4.98 Å². The molecule has 0 aliphatic heterocycles. The summed E-state index contributed by atoms with van der Waals surface area (Å²) >= 11 is 0.595. The predicted molar refractivity (Wildman–Crippen MR) is 91.9 cm³/mol. The van der Waals surface area contributed by atoms with Gasteiger partial charge in [-0.15, -0.1) is 11.3 Å². The maximum absolute atomic E-state index is 13.0. The molecule has 3 aromatic rings. The van der Waals surface area contributed by atoms with Crippen molar-refractivity contribution in [3.05, 3.63) is 70.7 Å². The molecule has 0 aliphatic carbocycles. The molecule has 146 valence electrons. The van der Waals surface area contributed by atoms with E-state index in [1.165, 1.54) is 36.4 Å². The minimum atomic E-state index is -4.64. The molecule has 0 fully saturated rings. The number of benzene rings is 2. The van der Waals surface area contributed by atoms with Crippen LogP contribution in [0.5, 0.6) is 0 Å². The highest BCUT2D eigenvalue weighted by atomic mass is 32.1. The summed E-state index contributed by atoms with van der Waals surface area (Å²) in [5.74, 6) is -0.781. The summed E-state index contributed by atoms with van der Waals surface area (Å²) in [5.41, 5.74) is -1.66. The van der Waals surface area contributed by atoms with Crippen LogP contribution in [0.25, 0.3) is 11.1 Å². The number of aromatic nitrogens is 1. The van der Waals surface area contributed by atoms with Crippen LogP contribution in [0.3, 0.4) is 0 Å². The number of alkyl halides is 6. The molecule has 0 bridgehead atoms. The van der Waals surface area contributed by atoms with Gasteiger partial charge in [0.05, 0.1) is 5.56 Å². The number of amides is 1. The van der Waals surface area contributed by atoms with E-state index in [4.69, 9.17) is 0 Å². The normalized spacial score (nSPS) is 12.1. The van der Waals surface area contributed by atoms with Gasteiger partial charge >= 0.3 is 12.4 Å². The van der Waals surface area contributed by atoms with Crippen molar-refractivity contribution in [2.45, 2.75) is 12.4 Å². The lowest BCUT2D eigenvalue weighted by atomic mass is 9.97. The predicted octanol–water partition coefficient (Wildman–Crippen LogP) is 6.10. The van der Waals surface area contributed by atoms with Crippen molar-refractivity contribution in [2.75, 3.05) is 5.32 Å². The molecule has 1 heterocycles. The minimum absolute atomic E-state index is 0.00517. The maximum atomic E-state index is 13.0. The van der Waals surface area contributed by atoms with Gasteiger partial charge in [-0.3, -0.25) is 10.1 Å². The molecule has 3 nitrogen and oxygen atoms in total. The second kappa shape index (κ2) is 7.27. The van der Waals surface area contributed by atoms with Crippen molar-refractivity contribution >= 4 is 22.4 Å². The van der Waals surface area contributed by atoms with E-state index in [0.717, 1.165) is 17.5 Å². The number of thiazole rings is 1. The Kier molecular flexibility index (Phi) is 5.16. The summed E-state index contributed by atoms with van der Waals surface area (Å²) in [5, 5.41) is 2.74. The lowest BCUT2D eigenvalue weighted by molar-refractivity contribution is -0.140. The third-order valence-electron chi connectivity index (χ3n) is 3.69. The Bertz CT molecular complexity index is 1010. The molecule has 2 aromatic carbocycles. The van der Waals surface area contributed by atoms with Gasteiger partial charge in [-0.2, -0.15) is 26.3 Å². The summed E-state index contributed by atoms with van der Waals surface area (Å²) < 4.78 is 76.7. The first-order valence-corrected chi connectivity index (χ1v) is 8.54. The molecule has 0 radical (unpaired) electrons. The molecule has 10 heteroatoms. The van der Waals surface area contributed by atoms with E-state index in [0.29, 0.717) is 11.3 Å². The van der Waals surface area contributed by atoms with E-state index in [1.807, 2.05) is 0 Å². The number of rotatable bonds is 3. The molecular weight excluding hydrogens is 406 g/mol. The van der Waals surface area contributed by atoms with Gasteiger partial charge in [-0.25, -0.2) is 4.98 Å². The van der Waals surface area contributed by atoms with Gasteiger partial charge < -0.3 is 0 Å². The maximum Gasteiger partial charge on any atom is 0.434 e. The fraction of sp³-hybridized carbons (Fsp3) is 0.111. The zero-order chi connectivity index (χ0) is 20.5. The first-order valence-electron chi connectivity index (χ1n) is 7.66. The SMILES string of the molecule is O=C(Nc1nc(C(F)(F)F)cs1)c1ccccc1-c1cccc(C(F)(F)F)c1. The van der Waals surface area contributed by atoms with Gasteiger partial charge in [-0.1, -0.05) is 30.3 Å². The number of carbonyl (C=O) groups is 1. The second-order valence-electron chi connectivity index (χ2n) is 5.61. The summed E-state index contributed by atoms with van der Waals surface area (Å²) in [7, 11) is 0. The average molecular weight is 416 g/mol. The number of nitrogens with zero attached hydrogens (tertiary/aromatic N) is 1. The molecule has 1 amide bonds. The lowest BCUT2D eigenvalue weighted by Crippen LogP contribution is -2.14. The quantitative estimate of drug-likeness (QED) is 0.524. The highest BCUT2D eigenvalue weighted by molar-refractivity contribution is 7.14. The summed E-state index contributed by atoms with van der Waals surface area (Å²) in [6.07, 6.45) is -9.20. The molecule has 0 unspecified atom stereocenters. The first kappa shape index (κ1) is 19.9. The summed E-state index contributed by atoms with van der Waals surface area (Å²) in [6, 6.07) is 10.3. The zero-order valence-corrected chi connectivity index (χ0v) is 14.5. The Morgan fingerprint density at radius 2 is 1.64 bits per heavy atom. The Balaban J connectivity index is 1.92. The van der Waals surface area contributed by atoms with Crippen LogP contribution in [0.4, 0.5) is 31.5 Å². The monoisotopic (exact) mass is 416 g/mol. The van der Waals surface area contributed by atoms with Gasteiger partial charge in [0.1, 0.15) is 0 Å². The van der Waals surface area contributed by atoms with Crippen LogP contribution in [0, 0.1) is 0 Å². The van der Waals surface area contributed by atoms with Crippen molar-refractivity contribution < 1.29 is 31.1 Å². The zero-order valence-electron chi connectivity index (χ0n) is 13.7. The Morgan fingerprint density at radius 3 is 2.29 bits per heavy atom. The average Bonchev–Trinajstić information content (AvgIpc) is 3.10. The second-order valence-corrected chi connectivity index (χ2v) is 6.47. The fourth-order valence-corrected chi connectivity index (χ4v) is 3.13. The van der Waals surface area contributed by atoms with E-state index in [-0.39, 0.29) is 21.8 Å². The van der Waals surface area contributed by atoms with Crippen LogP contribution in [0.2, 0.25) is 0 Å². The Hall–Kier alpha value is -2.88. The number of nitrogens with one attached hydrogen (secondary N) is 1. The van der Waals surface area contributed by atoms with Crippen molar-refractivity contribution in [3.8, 4) is 11.1 Å². The molecule has 0 atom stereocenters. The highest BCUT2D eigenvalue weighted by Gasteiger charge is 2.34. The molecule has 1 N–H and O–H groups in total. The highest BCUT2D eigenvalue weighted by Crippen LogP contribution is 2.34. The largest absolute Gasteiger partial charge is 0.434 e. The lowest BCUT2D eigenvalue weighted by Gasteiger charge is -2.12. The van der Waals surface area contributed by atoms with Gasteiger partial charge in [0.25, 0.3) is 5.91 Å². The number of anilines is 1. The molecule has 28 heavy (non-hydrogen) atoms. The van der Waals surface area contributed by atoms with Crippen molar-refractivity contribution in [1.29, 1.82) is 0 Å². The van der Waals surface area contributed by atoms with Crippen LogP contribution < -0.4 is 5.32 Å². The van der Waals surface area contributed by atoms with Crippen LogP contribution >= 0.6 is 11.3 Å². The van der Waals surface area contributed by atoms with Crippen LogP contribution in [0.1, 0.15) is 21.6 Å². The molecular formula is C18H10F6N2OS. The van der Waals surface area contributed by atoms with Gasteiger partial charge in [0.15, 0.2) is 10.8 Å². The van der Waals surface area contributed by atoms with E-state index in [1.54, 1.807) is 0 Å². The smallest absolute Gasteiger partial charge is 0.298 e. The van der Waals surface area contributed by atoms with E-state index in [9.17, 15) is 31.1 Å². The summed E-state index contributed by atoms with van der Waals surface area (Å²) in [4.78, 5) is 15.8. The third-order valence-corrected chi connectivity index (χ3v) is 4.45. The van der Waals surface area contributed by atoms with Crippen LogP contribution in [-0.2, 0) is 12.4 Å². The molecule has 0 aliphatic rings. The number of hydrogen-bond acceptors (Lipinski definition) is 3. The Labute approximate surface area is 158 Å². The fourth-order valence-electron chi connectivity index (χ4n) is 2.42. The van der Waals surface area contributed by atoms with Crippen LogP contribution in [-0.4, -0.2) is 10.9 Å². The van der Waals surface area contributed by atoms with Gasteiger partial charge in [0, 0.05) is 10.9 Å². The van der Waals surface area contributed by atoms with Crippen LogP contribution in [0.15, 0.2) is 53.9 Å². The van der Waals surface area contributed by atoms with Gasteiger partial charge in [-0.05, 0) is 29.3 Å². The standard InChI is InChI=1S/C18H10F6N2OS/c19-17(20,21)11-5-3-4-10(8-11)12-6-1-2-7-13(12)15(27)26-16-25-14(9-28-16)18(22,23)24/h1-9H,(H,25,26,27). The molecule has 1 aromatic heterocycles. The van der Waals surface area contributed by atoms with Crippen molar-refractivity contribution in [2.24, 2.45) is 0 Å². The molecule has 0 saturated carbocycles. The van der Waals surface area contributed by atoms with Gasteiger partial charge in [0.2, 0.25) is 0 Å². The number of hydrogen-bond donors (Lipinski definition) is 1. The number of halogens is 6. The molecule has 0 spiro atoms. The first-order chi connectivity index (χ1) is 13.1.